The fraction of sp³-hybridized carbons (Fsp3) is 0.200. The lowest BCUT2D eigenvalue weighted by Crippen LogP contribution is -2.30. The number of rotatable bonds is 7. The summed E-state index contributed by atoms with van der Waals surface area (Å²) in [6.45, 7) is 1.60. The lowest BCUT2D eigenvalue weighted by Gasteiger charge is -2.13. The predicted octanol–water partition coefficient (Wildman–Crippen LogP) is 4.73. The van der Waals surface area contributed by atoms with Crippen LogP contribution in [0.25, 0.3) is 6.08 Å². The zero-order valence-corrected chi connectivity index (χ0v) is 18.5. The minimum Gasteiger partial charge on any atom is -0.479 e. The van der Waals surface area contributed by atoms with E-state index in [2.05, 4.69) is 33.5 Å². The van der Waals surface area contributed by atoms with Crippen LogP contribution in [0.15, 0.2) is 45.8 Å². The number of amides is 1. The number of anilines is 1. The molecule has 0 saturated carbocycles. The van der Waals surface area contributed by atoms with E-state index < -0.39 is 12.6 Å². The quantitative estimate of drug-likeness (QED) is 0.480. The van der Waals surface area contributed by atoms with Crippen LogP contribution in [0, 0.1) is 0 Å². The number of carbonyl (C=O) groups is 2. The topological polar surface area (TPSA) is 87.7 Å². The third-order valence-electron chi connectivity index (χ3n) is 4.05. The number of carbonyl (C=O) groups excluding carboxylic acids is 1. The Morgan fingerprint density at radius 2 is 2.10 bits per heavy atom. The molecule has 1 aliphatic rings. The van der Waals surface area contributed by atoms with Crippen molar-refractivity contribution in [2.45, 2.75) is 18.8 Å². The average Bonchev–Trinajstić information content (AvgIpc) is 3.00. The fourth-order valence-electron chi connectivity index (χ4n) is 2.64. The standard InChI is InChI=1S/C20H18BrClN2O4S/c1-2-11-3-5-13(6-4-11)23-20-24-19(27)16(29-20)9-12-7-14(21)18(15(22)8-12)28-10-17(25)26/h3-9,20,23H,2,10H2,1H3,(H,24,27)(H,25,26)/b16-9-/t20-/m1/s1. The lowest BCUT2D eigenvalue weighted by atomic mass is 10.1. The first kappa shape index (κ1) is 21.5. The van der Waals surface area contributed by atoms with E-state index in [9.17, 15) is 9.59 Å². The van der Waals surface area contributed by atoms with Gasteiger partial charge >= 0.3 is 5.97 Å². The summed E-state index contributed by atoms with van der Waals surface area (Å²) < 4.78 is 5.69. The van der Waals surface area contributed by atoms with Gasteiger partial charge in [0.25, 0.3) is 5.91 Å². The summed E-state index contributed by atoms with van der Waals surface area (Å²) in [5.74, 6) is -1.04. The van der Waals surface area contributed by atoms with Crippen molar-refractivity contribution in [1.82, 2.24) is 5.32 Å². The minimum absolute atomic E-state index is 0.184. The molecular formula is C20H18BrClN2O4S. The molecule has 0 unspecified atom stereocenters. The predicted molar refractivity (Wildman–Crippen MR) is 119 cm³/mol. The van der Waals surface area contributed by atoms with Crippen molar-refractivity contribution in [3.05, 3.63) is 61.9 Å². The van der Waals surface area contributed by atoms with Gasteiger partial charge in [-0.3, -0.25) is 4.79 Å². The molecule has 3 N–H and O–H groups in total. The molecule has 1 amide bonds. The smallest absolute Gasteiger partial charge is 0.341 e. The minimum atomic E-state index is -1.10. The van der Waals surface area contributed by atoms with Crippen LogP contribution < -0.4 is 15.4 Å². The summed E-state index contributed by atoms with van der Waals surface area (Å²) in [6, 6.07) is 11.4. The number of thioether (sulfide) groups is 1. The van der Waals surface area contributed by atoms with Gasteiger partial charge in [0.15, 0.2) is 17.9 Å². The number of carboxylic acids is 1. The maximum Gasteiger partial charge on any atom is 0.341 e. The second-order valence-corrected chi connectivity index (χ2v) is 8.58. The van der Waals surface area contributed by atoms with Crippen LogP contribution in [0.4, 0.5) is 5.69 Å². The Morgan fingerprint density at radius 1 is 1.38 bits per heavy atom. The summed E-state index contributed by atoms with van der Waals surface area (Å²) in [7, 11) is 0. The molecule has 1 aliphatic heterocycles. The Hall–Kier alpha value is -2.16. The first-order valence-electron chi connectivity index (χ1n) is 8.74. The van der Waals surface area contributed by atoms with Crippen LogP contribution in [0.1, 0.15) is 18.1 Å². The first-order chi connectivity index (χ1) is 13.9. The molecule has 0 aliphatic carbocycles. The Balaban J connectivity index is 1.71. The maximum absolute atomic E-state index is 12.3. The molecule has 2 aromatic carbocycles. The second-order valence-electron chi connectivity index (χ2n) is 6.17. The molecule has 29 heavy (non-hydrogen) atoms. The van der Waals surface area contributed by atoms with Crippen LogP contribution in [0.2, 0.25) is 5.02 Å². The highest BCUT2D eigenvalue weighted by Crippen LogP contribution is 2.37. The molecule has 0 aromatic heterocycles. The van der Waals surface area contributed by atoms with Crippen molar-refractivity contribution in [2.24, 2.45) is 0 Å². The molecule has 1 saturated heterocycles. The summed E-state index contributed by atoms with van der Waals surface area (Å²) in [5.41, 5.74) is 2.58. The van der Waals surface area contributed by atoms with E-state index >= 15 is 0 Å². The second kappa shape index (κ2) is 9.56. The van der Waals surface area contributed by atoms with Gasteiger partial charge in [-0.05, 0) is 63.8 Å². The molecule has 1 heterocycles. The van der Waals surface area contributed by atoms with Crippen LogP contribution in [0.3, 0.4) is 0 Å². The largest absolute Gasteiger partial charge is 0.479 e. The van der Waals surface area contributed by atoms with E-state index in [1.807, 2.05) is 24.3 Å². The van der Waals surface area contributed by atoms with Crippen molar-refractivity contribution < 1.29 is 19.4 Å². The number of benzene rings is 2. The van der Waals surface area contributed by atoms with Gasteiger partial charge in [0, 0.05) is 5.69 Å². The molecule has 3 rings (SSSR count). The molecule has 1 fully saturated rings. The van der Waals surface area contributed by atoms with Crippen molar-refractivity contribution in [1.29, 1.82) is 0 Å². The Morgan fingerprint density at radius 3 is 2.72 bits per heavy atom. The zero-order chi connectivity index (χ0) is 21.0. The number of hydrogen-bond donors (Lipinski definition) is 3. The highest BCUT2D eigenvalue weighted by Gasteiger charge is 2.27. The van der Waals surface area contributed by atoms with Crippen LogP contribution in [-0.2, 0) is 16.0 Å². The van der Waals surface area contributed by atoms with E-state index in [1.165, 1.54) is 17.3 Å². The first-order valence-corrected chi connectivity index (χ1v) is 10.8. The molecule has 152 valence electrons. The van der Waals surface area contributed by atoms with Gasteiger partial charge in [-0.1, -0.05) is 42.4 Å². The molecule has 1 atom stereocenters. The average molecular weight is 498 g/mol. The maximum atomic E-state index is 12.3. The highest BCUT2D eigenvalue weighted by atomic mass is 79.9. The van der Waals surface area contributed by atoms with Gasteiger partial charge in [0.05, 0.1) is 14.4 Å². The molecule has 0 radical (unpaired) electrons. The third kappa shape index (κ3) is 5.68. The summed E-state index contributed by atoms with van der Waals surface area (Å²) in [4.78, 5) is 23.5. The molecule has 0 bridgehead atoms. The van der Waals surface area contributed by atoms with Crippen molar-refractivity contribution in [2.75, 3.05) is 11.9 Å². The molecule has 0 spiro atoms. The van der Waals surface area contributed by atoms with E-state index in [-0.39, 0.29) is 22.2 Å². The van der Waals surface area contributed by atoms with E-state index in [4.69, 9.17) is 21.4 Å². The van der Waals surface area contributed by atoms with Crippen LogP contribution in [-0.4, -0.2) is 29.1 Å². The van der Waals surface area contributed by atoms with Crippen LogP contribution >= 0.6 is 39.3 Å². The van der Waals surface area contributed by atoms with Gasteiger partial charge in [-0.15, -0.1) is 0 Å². The van der Waals surface area contributed by atoms with Crippen molar-refractivity contribution in [3.63, 3.8) is 0 Å². The third-order valence-corrected chi connectivity index (χ3v) is 5.95. The van der Waals surface area contributed by atoms with E-state index in [1.54, 1.807) is 18.2 Å². The SMILES string of the molecule is CCc1ccc(N[C@@H]2NC(=O)/C(=C/c3cc(Cl)c(OCC(=O)O)c(Br)c3)S2)cc1. The van der Waals surface area contributed by atoms with Gasteiger partial charge in [0.1, 0.15) is 0 Å². The van der Waals surface area contributed by atoms with Crippen molar-refractivity contribution >= 4 is 62.9 Å². The van der Waals surface area contributed by atoms with Crippen molar-refractivity contribution in [3.8, 4) is 5.75 Å². The van der Waals surface area contributed by atoms with Crippen LogP contribution in [0.5, 0.6) is 5.75 Å². The number of nitrogens with one attached hydrogen (secondary N) is 2. The number of aryl methyl sites for hydroxylation is 1. The lowest BCUT2D eigenvalue weighted by molar-refractivity contribution is -0.139. The summed E-state index contributed by atoms with van der Waals surface area (Å²) in [5, 5.41) is 15.2. The van der Waals surface area contributed by atoms with E-state index in [0.717, 1.165) is 12.1 Å². The summed E-state index contributed by atoms with van der Waals surface area (Å²) in [6.07, 6.45) is 2.69. The van der Waals surface area contributed by atoms with E-state index in [0.29, 0.717) is 14.9 Å². The van der Waals surface area contributed by atoms with Gasteiger partial charge in [0.2, 0.25) is 0 Å². The molecular weight excluding hydrogens is 480 g/mol. The van der Waals surface area contributed by atoms with Gasteiger partial charge in [-0.25, -0.2) is 4.79 Å². The zero-order valence-electron chi connectivity index (χ0n) is 15.4. The summed E-state index contributed by atoms with van der Waals surface area (Å²) >= 11 is 10.9. The van der Waals surface area contributed by atoms with Gasteiger partial charge < -0.3 is 20.5 Å². The molecule has 6 nitrogen and oxygen atoms in total. The molecule has 2 aromatic rings. The number of ether oxygens (including phenoxy) is 1. The number of hydrogen-bond acceptors (Lipinski definition) is 5. The number of aliphatic carboxylic acids is 1. The number of carboxylic acid groups (broad SMARTS) is 1. The monoisotopic (exact) mass is 496 g/mol. The number of halogens is 2. The fourth-order valence-corrected chi connectivity index (χ4v) is 4.61. The van der Waals surface area contributed by atoms with Gasteiger partial charge in [-0.2, -0.15) is 0 Å². The highest BCUT2D eigenvalue weighted by molar-refractivity contribution is 9.10. The molecule has 9 heteroatoms. The Labute approximate surface area is 185 Å². The Kier molecular flexibility index (Phi) is 7.10. The normalized spacial score (nSPS) is 17.3. The Bertz CT molecular complexity index is 942.